The first-order valence-corrected chi connectivity index (χ1v) is 8.43. The second-order valence-corrected chi connectivity index (χ2v) is 6.51. The smallest absolute Gasteiger partial charge is 0.475 e. The molecule has 0 spiro atoms. The van der Waals surface area contributed by atoms with Crippen molar-refractivity contribution < 1.29 is 46.1 Å². The Morgan fingerprint density at radius 3 is 1.43 bits per heavy atom. The lowest BCUT2D eigenvalue weighted by Gasteiger charge is -2.40. The molecule has 166 valence electrons. The van der Waals surface area contributed by atoms with Gasteiger partial charge in [-0.15, -0.1) is 0 Å². The van der Waals surface area contributed by atoms with Crippen LogP contribution in [-0.2, 0) is 9.59 Å². The number of nitrogens with zero attached hydrogens (tertiary/aromatic N) is 2. The summed E-state index contributed by atoms with van der Waals surface area (Å²) in [4.78, 5) is 22.9. The van der Waals surface area contributed by atoms with Crippen LogP contribution in [0.2, 0.25) is 0 Å². The Balaban J connectivity index is 0.000000444. The van der Waals surface area contributed by atoms with Gasteiger partial charge in [0.25, 0.3) is 0 Å². The number of nitrogens with two attached hydrogens (primary N) is 1. The van der Waals surface area contributed by atoms with Crippen molar-refractivity contribution in [2.45, 2.75) is 50.1 Å². The summed E-state index contributed by atoms with van der Waals surface area (Å²) >= 11 is 0. The summed E-state index contributed by atoms with van der Waals surface area (Å²) < 4.78 is 63.5. The van der Waals surface area contributed by atoms with Crippen molar-refractivity contribution in [3.05, 3.63) is 0 Å². The van der Waals surface area contributed by atoms with Crippen molar-refractivity contribution in [3.8, 4) is 0 Å². The van der Waals surface area contributed by atoms with Gasteiger partial charge in [0.15, 0.2) is 0 Å². The minimum atomic E-state index is -5.08. The zero-order valence-electron chi connectivity index (χ0n) is 15.3. The quantitative estimate of drug-likeness (QED) is 0.550. The van der Waals surface area contributed by atoms with Crippen molar-refractivity contribution in [2.24, 2.45) is 5.73 Å². The molecule has 2 rings (SSSR count). The number of hydrogen-bond acceptors (Lipinski definition) is 5. The molecule has 13 heteroatoms. The van der Waals surface area contributed by atoms with Crippen molar-refractivity contribution in [3.63, 3.8) is 0 Å². The van der Waals surface area contributed by atoms with Gasteiger partial charge in [-0.1, -0.05) is 0 Å². The van der Waals surface area contributed by atoms with Crippen LogP contribution in [0, 0.1) is 0 Å². The number of likely N-dealkylation sites (N-methyl/N-ethyl adjacent to an activating group) is 1. The van der Waals surface area contributed by atoms with Crippen LogP contribution in [0.3, 0.4) is 0 Å². The third-order valence-corrected chi connectivity index (χ3v) is 4.28. The van der Waals surface area contributed by atoms with Crippen LogP contribution in [0.4, 0.5) is 26.3 Å². The lowest BCUT2D eigenvalue weighted by molar-refractivity contribution is -0.193. The Kier molecular flexibility index (Phi) is 10.8. The van der Waals surface area contributed by atoms with Gasteiger partial charge in [0.05, 0.1) is 0 Å². The SMILES string of the molecule is CN1CCN(C2CCC(N)CC2)CC1.O=C(O)C(F)(F)F.O=C(O)C(F)(F)F. The van der Waals surface area contributed by atoms with Gasteiger partial charge in [-0.05, 0) is 32.7 Å². The minimum absolute atomic E-state index is 0.485. The summed E-state index contributed by atoms with van der Waals surface area (Å²) in [5.41, 5.74) is 5.92. The van der Waals surface area contributed by atoms with Crippen LogP contribution in [-0.4, -0.2) is 89.6 Å². The van der Waals surface area contributed by atoms with E-state index in [9.17, 15) is 26.3 Å². The average Bonchev–Trinajstić information content (AvgIpc) is 2.56. The molecule has 1 saturated carbocycles. The number of carbonyl (C=O) groups is 2. The molecule has 0 bridgehead atoms. The van der Waals surface area contributed by atoms with Gasteiger partial charge >= 0.3 is 24.3 Å². The topological polar surface area (TPSA) is 107 Å². The monoisotopic (exact) mass is 425 g/mol. The molecule has 1 heterocycles. The average molecular weight is 425 g/mol. The molecule has 1 aliphatic heterocycles. The van der Waals surface area contributed by atoms with Gasteiger partial charge in [0, 0.05) is 38.3 Å². The molecular formula is C15H25F6N3O4. The second-order valence-electron chi connectivity index (χ2n) is 6.51. The van der Waals surface area contributed by atoms with E-state index in [-0.39, 0.29) is 0 Å². The van der Waals surface area contributed by atoms with E-state index < -0.39 is 24.3 Å². The number of hydrogen-bond donors (Lipinski definition) is 3. The Labute approximate surface area is 158 Å². The fourth-order valence-corrected chi connectivity index (χ4v) is 2.65. The fraction of sp³-hybridized carbons (Fsp3) is 0.867. The van der Waals surface area contributed by atoms with Crippen molar-refractivity contribution in [2.75, 3.05) is 33.2 Å². The number of halogens is 6. The summed E-state index contributed by atoms with van der Waals surface area (Å²) in [6.45, 7) is 5.00. The molecule has 0 radical (unpaired) electrons. The Morgan fingerprint density at radius 2 is 1.14 bits per heavy atom. The maximum absolute atomic E-state index is 10.6. The summed E-state index contributed by atoms with van der Waals surface area (Å²) in [7, 11) is 2.22. The molecule has 1 saturated heterocycles. The van der Waals surface area contributed by atoms with E-state index in [2.05, 4.69) is 16.8 Å². The van der Waals surface area contributed by atoms with E-state index in [1.54, 1.807) is 0 Å². The van der Waals surface area contributed by atoms with Gasteiger partial charge in [-0.25, -0.2) is 9.59 Å². The Bertz CT molecular complexity index is 441. The van der Waals surface area contributed by atoms with E-state index in [1.807, 2.05) is 0 Å². The van der Waals surface area contributed by atoms with Gasteiger partial charge < -0.3 is 20.8 Å². The van der Waals surface area contributed by atoms with Crippen LogP contribution in [0.1, 0.15) is 25.7 Å². The van der Waals surface area contributed by atoms with Gasteiger partial charge in [0.1, 0.15) is 0 Å². The number of aliphatic carboxylic acids is 2. The molecule has 2 fully saturated rings. The Hall–Kier alpha value is -1.60. The maximum Gasteiger partial charge on any atom is 0.490 e. The maximum atomic E-state index is 10.6. The van der Waals surface area contributed by atoms with Crippen molar-refractivity contribution >= 4 is 11.9 Å². The number of rotatable bonds is 1. The standard InChI is InChI=1S/C11H23N3.2C2HF3O2/c1-13-6-8-14(9-7-13)11-4-2-10(12)3-5-11;2*3-2(4,5)1(6)7/h10-11H,2-9,12H2,1H3;2*(H,6,7). The predicted octanol–water partition coefficient (Wildman–Crippen LogP) is 1.77. The van der Waals surface area contributed by atoms with Crippen LogP contribution < -0.4 is 5.73 Å². The van der Waals surface area contributed by atoms with Crippen LogP contribution in [0.15, 0.2) is 0 Å². The molecule has 28 heavy (non-hydrogen) atoms. The van der Waals surface area contributed by atoms with Crippen LogP contribution in [0.5, 0.6) is 0 Å². The van der Waals surface area contributed by atoms with E-state index in [1.165, 1.54) is 51.9 Å². The predicted molar refractivity (Wildman–Crippen MR) is 86.7 cm³/mol. The summed E-state index contributed by atoms with van der Waals surface area (Å²) in [6, 6.07) is 1.32. The highest BCUT2D eigenvalue weighted by atomic mass is 19.4. The highest BCUT2D eigenvalue weighted by Gasteiger charge is 2.38. The fourth-order valence-electron chi connectivity index (χ4n) is 2.65. The van der Waals surface area contributed by atoms with Crippen LogP contribution >= 0.6 is 0 Å². The summed E-state index contributed by atoms with van der Waals surface area (Å²) in [5.74, 6) is -5.51. The Morgan fingerprint density at radius 1 is 0.821 bits per heavy atom. The minimum Gasteiger partial charge on any atom is -0.475 e. The molecular weight excluding hydrogens is 400 g/mol. The lowest BCUT2D eigenvalue weighted by atomic mass is 9.90. The van der Waals surface area contributed by atoms with E-state index in [0.717, 1.165) is 6.04 Å². The highest BCUT2D eigenvalue weighted by molar-refractivity contribution is 5.73. The molecule has 4 N–H and O–H groups in total. The summed E-state index contributed by atoms with van der Waals surface area (Å²) in [5, 5.41) is 14.2. The van der Waals surface area contributed by atoms with Gasteiger partial charge in [-0.2, -0.15) is 26.3 Å². The molecule has 0 amide bonds. The summed E-state index contributed by atoms with van der Waals surface area (Å²) in [6.07, 6.45) is -5.05. The molecule has 0 atom stereocenters. The zero-order chi connectivity index (χ0) is 22.1. The van der Waals surface area contributed by atoms with Crippen molar-refractivity contribution in [1.29, 1.82) is 0 Å². The third-order valence-electron chi connectivity index (χ3n) is 4.28. The first-order valence-electron chi connectivity index (χ1n) is 8.43. The van der Waals surface area contributed by atoms with Crippen LogP contribution in [0.25, 0.3) is 0 Å². The van der Waals surface area contributed by atoms with Crippen molar-refractivity contribution in [1.82, 2.24) is 9.80 Å². The number of carboxylic acids is 2. The normalized spacial score (nSPS) is 24.3. The van der Waals surface area contributed by atoms with E-state index >= 15 is 0 Å². The lowest BCUT2D eigenvalue weighted by Crippen LogP contribution is -2.50. The molecule has 0 aromatic heterocycles. The third kappa shape index (κ3) is 11.3. The largest absolute Gasteiger partial charge is 0.490 e. The van der Waals surface area contributed by atoms with E-state index in [4.69, 9.17) is 25.5 Å². The molecule has 7 nitrogen and oxygen atoms in total. The van der Waals surface area contributed by atoms with E-state index in [0.29, 0.717) is 6.04 Å². The molecule has 0 aromatic carbocycles. The molecule has 2 aliphatic rings. The molecule has 0 unspecified atom stereocenters. The number of piperazine rings is 1. The highest BCUT2D eigenvalue weighted by Crippen LogP contribution is 2.22. The zero-order valence-corrected chi connectivity index (χ0v) is 15.3. The van der Waals surface area contributed by atoms with Gasteiger partial charge in [-0.3, -0.25) is 4.90 Å². The second kappa shape index (κ2) is 11.4. The number of alkyl halides is 6. The van der Waals surface area contributed by atoms with Gasteiger partial charge in [0.2, 0.25) is 0 Å². The number of carboxylic acid groups (broad SMARTS) is 2. The first-order chi connectivity index (χ1) is 12.6. The molecule has 1 aliphatic carbocycles. The first kappa shape index (κ1) is 26.4. The molecule has 0 aromatic rings.